The van der Waals surface area contributed by atoms with Gasteiger partial charge in [-0.25, -0.2) is 13.2 Å². The summed E-state index contributed by atoms with van der Waals surface area (Å²) in [7, 11) is -4.14. The lowest BCUT2D eigenvalue weighted by atomic mass is 10.2. The quantitative estimate of drug-likeness (QED) is 0.727. The molecule has 0 radical (unpaired) electrons. The van der Waals surface area contributed by atoms with Crippen LogP contribution in [0, 0.1) is 0 Å². The molecule has 1 aliphatic rings. The summed E-state index contributed by atoms with van der Waals surface area (Å²) < 4.78 is 32.6. The fourth-order valence-corrected chi connectivity index (χ4v) is 4.72. The van der Waals surface area contributed by atoms with Crippen LogP contribution >= 0.6 is 0 Å². The van der Waals surface area contributed by atoms with Gasteiger partial charge in [0.15, 0.2) is 0 Å². The number of amides is 3. The number of para-hydroxylation sites is 1. The molecule has 1 heterocycles. The molecule has 0 fully saturated rings. The number of benzene rings is 2. The molecule has 8 nitrogen and oxygen atoms in total. The van der Waals surface area contributed by atoms with Crippen LogP contribution in [0.1, 0.15) is 27.2 Å². The summed E-state index contributed by atoms with van der Waals surface area (Å²) in [5.41, 5.74) is 0.356. The van der Waals surface area contributed by atoms with E-state index >= 15 is 0 Å². The van der Waals surface area contributed by atoms with Crippen LogP contribution in [0.25, 0.3) is 0 Å². The van der Waals surface area contributed by atoms with Crippen molar-refractivity contribution < 1.29 is 22.7 Å². The molecule has 1 N–H and O–H groups in total. The van der Waals surface area contributed by atoms with Crippen molar-refractivity contribution in [2.45, 2.75) is 38.1 Å². The van der Waals surface area contributed by atoms with E-state index < -0.39 is 16.1 Å². The number of hydrogen-bond donors (Lipinski definition) is 1. The predicted octanol–water partition coefficient (Wildman–Crippen LogP) is 3.14. The monoisotopic (exact) mass is 431 g/mol. The molecule has 1 atom stereocenters. The lowest BCUT2D eigenvalue weighted by Crippen LogP contribution is -2.54. The zero-order chi connectivity index (χ0) is 21.9. The molecule has 0 aromatic heterocycles. The molecule has 160 valence electrons. The number of nitrogens with one attached hydrogen (secondary N) is 1. The number of sulfonamides is 1. The molecule has 3 rings (SSSR count). The third kappa shape index (κ3) is 4.11. The van der Waals surface area contributed by atoms with Crippen LogP contribution in [0.2, 0.25) is 0 Å². The van der Waals surface area contributed by atoms with Crippen molar-refractivity contribution in [3.63, 3.8) is 0 Å². The molecule has 30 heavy (non-hydrogen) atoms. The molecule has 2 aromatic rings. The Balaban J connectivity index is 2.02. The van der Waals surface area contributed by atoms with Gasteiger partial charge in [-0.2, -0.15) is 4.31 Å². The van der Waals surface area contributed by atoms with Gasteiger partial charge in [-0.15, -0.1) is 0 Å². The summed E-state index contributed by atoms with van der Waals surface area (Å²) in [4.78, 5) is 26.9. The van der Waals surface area contributed by atoms with Gasteiger partial charge in [0.1, 0.15) is 17.2 Å². The first-order valence-corrected chi connectivity index (χ1v) is 11.2. The highest BCUT2D eigenvalue weighted by atomic mass is 32.2. The second kappa shape index (κ2) is 8.74. The van der Waals surface area contributed by atoms with Crippen molar-refractivity contribution in [2.75, 3.05) is 22.4 Å². The van der Waals surface area contributed by atoms with E-state index in [2.05, 4.69) is 5.32 Å². The summed E-state index contributed by atoms with van der Waals surface area (Å²) in [5, 5.41) is 2.81. The van der Waals surface area contributed by atoms with Crippen LogP contribution < -0.4 is 19.3 Å². The molecule has 2 aromatic carbocycles. The largest absolute Gasteiger partial charge is 0.494 e. The second-order valence-electron chi connectivity index (χ2n) is 6.91. The van der Waals surface area contributed by atoms with Crippen molar-refractivity contribution >= 4 is 33.3 Å². The van der Waals surface area contributed by atoms with Gasteiger partial charge >= 0.3 is 6.03 Å². The number of carbonyl (C=O) groups excluding carboxylic acids is 2. The highest BCUT2D eigenvalue weighted by molar-refractivity contribution is 7.94. The number of fused-ring (bicyclic) bond motifs is 1. The number of anilines is 2. The maximum absolute atomic E-state index is 13.3. The Morgan fingerprint density at radius 3 is 2.40 bits per heavy atom. The van der Waals surface area contributed by atoms with Crippen molar-refractivity contribution in [3.8, 4) is 5.75 Å². The standard InChI is InChI=1S/C21H25N3O5S/c1-4-15(3)22-20(25)14-23-18-8-6-7-9-19(18)30(27,28)24(21(23)26)16-10-12-17(13-11-16)29-5-2/h6-13,15H,4-5,14H2,1-3H3,(H,22,25). The van der Waals surface area contributed by atoms with Crippen molar-refractivity contribution in [2.24, 2.45) is 0 Å². The number of carbonyl (C=O) groups is 2. The molecule has 0 aliphatic carbocycles. The Morgan fingerprint density at radius 1 is 1.10 bits per heavy atom. The molecule has 3 amide bonds. The average Bonchev–Trinajstić information content (AvgIpc) is 2.72. The fraction of sp³-hybridized carbons (Fsp3) is 0.333. The number of urea groups is 1. The van der Waals surface area contributed by atoms with Crippen LogP contribution in [0.3, 0.4) is 0 Å². The zero-order valence-electron chi connectivity index (χ0n) is 17.2. The molecule has 0 bridgehead atoms. The van der Waals surface area contributed by atoms with Crippen LogP contribution in [0.5, 0.6) is 5.75 Å². The maximum atomic E-state index is 13.3. The van der Waals surface area contributed by atoms with Gasteiger partial charge in [0.25, 0.3) is 10.0 Å². The van der Waals surface area contributed by atoms with E-state index in [4.69, 9.17) is 4.74 Å². The van der Waals surface area contributed by atoms with E-state index in [9.17, 15) is 18.0 Å². The minimum atomic E-state index is -4.14. The predicted molar refractivity (Wildman–Crippen MR) is 114 cm³/mol. The van der Waals surface area contributed by atoms with Crippen molar-refractivity contribution in [1.82, 2.24) is 5.32 Å². The topological polar surface area (TPSA) is 96.0 Å². The number of rotatable bonds is 7. The highest BCUT2D eigenvalue weighted by Crippen LogP contribution is 2.37. The Bertz CT molecular complexity index is 1040. The van der Waals surface area contributed by atoms with E-state index in [0.29, 0.717) is 12.4 Å². The summed E-state index contributed by atoms with van der Waals surface area (Å²) in [6.45, 7) is 5.81. The summed E-state index contributed by atoms with van der Waals surface area (Å²) in [6, 6.07) is 11.5. The second-order valence-corrected chi connectivity index (χ2v) is 8.66. The van der Waals surface area contributed by atoms with Crippen LogP contribution in [0.4, 0.5) is 16.2 Å². The molecule has 0 spiro atoms. The summed E-state index contributed by atoms with van der Waals surface area (Å²) in [5.74, 6) is 0.201. The summed E-state index contributed by atoms with van der Waals surface area (Å²) >= 11 is 0. The molecular weight excluding hydrogens is 406 g/mol. The Morgan fingerprint density at radius 2 is 1.77 bits per heavy atom. The first-order chi connectivity index (χ1) is 14.3. The molecular formula is C21H25N3O5S. The first-order valence-electron chi connectivity index (χ1n) is 9.77. The van der Waals surface area contributed by atoms with Crippen LogP contribution in [0.15, 0.2) is 53.4 Å². The lowest BCUT2D eigenvalue weighted by Gasteiger charge is -2.36. The van der Waals surface area contributed by atoms with Gasteiger partial charge in [-0.3, -0.25) is 9.69 Å². The summed E-state index contributed by atoms with van der Waals surface area (Å²) in [6.07, 6.45) is 0.739. The Labute approximate surface area is 176 Å². The smallest absolute Gasteiger partial charge is 0.343 e. The molecule has 1 unspecified atom stereocenters. The Hall–Kier alpha value is -3.07. The van der Waals surface area contributed by atoms with E-state index in [1.165, 1.54) is 29.2 Å². The SMILES string of the molecule is CCOc1ccc(N2C(=O)N(CC(=O)NC(C)CC)c3ccccc3S2(=O)=O)cc1. The van der Waals surface area contributed by atoms with Gasteiger partial charge in [0.05, 0.1) is 18.0 Å². The van der Waals surface area contributed by atoms with Gasteiger partial charge in [0.2, 0.25) is 5.91 Å². The lowest BCUT2D eigenvalue weighted by molar-refractivity contribution is -0.120. The normalized spacial score (nSPS) is 16.0. The minimum absolute atomic E-state index is 0.0326. The van der Waals surface area contributed by atoms with E-state index in [1.54, 1.807) is 24.3 Å². The highest BCUT2D eigenvalue weighted by Gasteiger charge is 2.43. The van der Waals surface area contributed by atoms with E-state index in [-0.39, 0.29) is 34.8 Å². The fourth-order valence-electron chi connectivity index (χ4n) is 3.12. The first kappa shape index (κ1) is 21.6. The minimum Gasteiger partial charge on any atom is -0.494 e. The molecule has 9 heteroatoms. The van der Waals surface area contributed by atoms with Crippen LogP contribution in [-0.2, 0) is 14.8 Å². The van der Waals surface area contributed by atoms with E-state index in [0.717, 1.165) is 10.7 Å². The average molecular weight is 432 g/mol. The molecule has 0 saturated heterocycles. The van der Waals surface area contributed by atoms with E-state index in [1.807, 2.05) is 20.8 Å². The van der Waals surface area contributed by atoms with Crippen LogP contribution in [-0.4, -0.2) is 39.5 Å². The van der Waals surface area contributed by atoms with Crippen molar-refractivity contribution in [3.05, 3.63) is 48.5 Å². The zero-order valence-corrected chi connectivity index (χ0v) is 18.0. The van der Waals surface area contributed by atoms with Gasteiger partial charge in [0, 0.05) is 6.04 Å². The van der Waals surface area contributed by atoms with Crippen molar-refractivity contribution in [1.29, 1.82) is 0 Å². The maximum Gasteiger partial charge on any atom is 0.343 e. The van der Waals surface area contributed by atoms with Gasteiger partial charge < -0.3 is 10.1 Å². The number of ether oxygens (including phenoxy) is 1. The third-order valence-electron chi connectivity index (χ3n) is 4.78. The molecule has 0 saturated carbocycles. The third-order valence-corrected chi connectivity index (χ3v) is 6.53. The Kier molecular flexibility index (Phi) is 6.31. The molecule has 1 aliphatic heterocycles. The number of hydrogen-bond acceptors (Lipinski definition) is 5. The number of nitrogens with zero attached hydrogens (tertiary/aromatic N) is 2. The van der Waals surface area contributed by atoms with Gasteiger partial charge in [-0.05, 0) is 56.7 Å². The van der Waals surface area contributed by atoms with Gasteiger partial charge in [-0.1, -0.05) is 19.1 Å².